The summed E-state index contributed by atoms with van der Waals surface area (Å²) in [5.41, 5.74) is 0.908. The Kier molecular flexibility index (Phi) is 3.23. The molecule has 68 valence electrons. The van der Waals surface area contributed by atoms with Crippen LogP contribution in [0.25, 0.3) is 0 Å². The molecule has 1 rings (SSSR count). The number of rotatable bonds is 4. The minimum Gasteiger partial charge on any atom is -0.504 e. The average Bonchev–Trinajstić information content (AvgIpc) is 2.12. The fourth-order valence-corrected chi connectivity index (χ4v) is 1.09. The van der Waals surface area contributed by atoms with Crippen molar-refractivity contribution in [3.8, 4) is 11.5 Å². The van der Waals surface area contributed by atoms with Crippen LogP contribution >= 0.6 is 0 Å². The van der Waals surface area contributed by atoms with Gasteiger partial charge in [-0.2, -0.15) is 0 Å². The number of phenolic OH excluding ortho intramolecular Hbond substituents is 2. The van der Waals surface area contributed by atoms with Gasteiger partial charge in [0.2, 0.25) is 6.42 Å². The first kappa shape index (κ1) is 9.49. The Hall–Kier alpha value is -1.60. The van der Waals surface area contributed by atoms with Gasteiger partial charge in [0.05, 0.1) is 0 Å². The van der Waals surface area contributed by atoms with E-state index in [4.69, 9.17) is 10.2 Å². The van der Waals surface area contributed by atoms with E-state index in [-0.39, 0.29) is 11.5 Å². The topological polar surface area (TPSA) is 57.5 Å². The quantitative estimate of drug-likeness (QED) is 0.418. The smallest absolute Gasteiger partial charge is 0.504 e. The molecule has 0 saturated carbocycles. The molecule has 0 aliphatic rings. The zero-order chi connectivity index (χ0) is 9.68. The summed E-state index contributed by atoms with van der Waals surface area (Å²) in [5.74, 6) is -0.238. The molecule has 0 atom stereocenters. The molecule has 0 amide bonds. The lowest BCUT2D eigenvalue weighted by molar-refractivity contribution is 0.403. The Balaban J connectivity index is 2.57. The SMILES string of the molecule is O=[C+]CCCc1ccc(O)c(O)c1. The zero-order valence-electron chi connectivity index (χ0n) is 7.16. The molecule has 13 heavy (non-hydrogen) atoms. The lowest BCUT2D eigenvalue weighted by Crippen LogP contribution is -1.85. The highest BCUT2D eigenvalue weighted by molar-refractivity contribution is 5.50. The molecular weight excluding hydrogens is 168 g/mol. The molecule has 0 spiro atoms. The van der Waals surface area contributed by atoms with Crippen molar-refractivity contribution in [1.82, 2.24) is 0 Å². The number of phenols is 2. The van der Waals surface area contributed by atoms with Crippen molar-refractivity contribution in [1.29, 1.82) is 0 Å². The minimum atomic E-state index is -0.120. The predicted molar refractivity (Wildman–Crippen MR) is 48.4 cm³/mol. The number of aryl methyl sites for hydroxylation is 1. The molecule has 0 bridgehead atoms. The van der Waals surface area contributed by atoms with Crippen molar-refractivity contribution in [3.05, 3.63) is 23.8 Å². The van der Waals surface area contributed by atoms with E-state index in [1.54, 1.807) is 12.4 Å². The fourth-order valence-electron chi connectivity index (χ4n) is 1.09. The van der Waals surface area contributed by atoms with Crippen molar-refractivity contribution in [2.75, 3.05) is 0 Å². The molecule has 0 radical (unpaired) electrons. The van der Waals surface area contributed by atoms with Crippen LogP contribution in [0.2, 0.25) is 0 Å². The monoisotopic (exact) mass is 179 g/mol. The van der Waals surface area contributed by atoms with Crippen LogP contribution in [0.15, 0.2) is 18.2 Å². The molecule has 3 nitrogen and oxygen atoms in total. The van der Waals surface area contributed by atoms with Gasteiger partial charge in [0.15, 0.2) is 11.5 Å². The molecule has 0 fully saturated rings. The van der Waals surface area contributed by atoms with Gasteiger partial charge >= 0.3 is 6.29 Å². The third-order valence-corrected chi connectivity index (χ3v) is 1.78. The number of hydrogen-bond donors (Lipinski definition) is 2. The van der Waals surface area contributed by atoms with Crippen molar-refractivity contribution >= 4 is 6.29 Å². The molecular formula is C10H11O3+. The molecule has 2 N–H and O–H groups in total. The van der Waals surface area contributed by atoms with E-state index in [0.717, 1.165) is 5.56 Å². The standard InChI is InChI=1S/C10H10O3/c11-6-2-1-3-8-4-5-9(12)10(13)7-8/h4-5,7H,1-3H2,(H-,12,13)/p+1. The van der Waals surface area contributed by atoms with Crippen LogP contribution in [0.5, 0.6) is 11.5 Å². The number of unbranched alkanes of at least 4 members (excludes halogenated alkanes) is 1. The zero-order valence-corrected chi connectivity index (χ0v) is 7.16. The lowest BCUT2D eigenvalue weighted by Gasteiger charge is -2.00. The van der Waals surface area contributed by atoms with Crippen molar-refractivity contribution < 1.29 is 15.0 Å². The lowest BCUT2D eigenvalue weighted by atomic mass is 10.1. The molecule has 0 saturated heterocycles. The van der Waals surface area contributed by atoms with Crippen molar-refractivity contribution in [2.24, 2.45) is 0 Å². The van der Waals surface area contributed by atoms with E-state index >= 15 is 0 Å². The second-order valence-corrected chi connectivity index (χ2v) is 2.82. The summed E-state index contributed by atoms with van der Waals surface area (Å²) in [5, 5.41) is 18.1. The van der Waals surface area contributed by atoms with Gasteiger partial charge in [-0.05, 0) is 24.1 Å². The number of aromatic hydroxyl groups is 2. The van der Waals surface area contributed by atoms with E-state index in [0.29, 0.717) is 19.3 Å². The Labute approximate surface area is 76.6 Å². The van der Waals surface area contributed by atoms with Crippen LogP contribution < -0.4 is 0 Å². The summed E-state index contributed by atoms with van der Waals surface area (Å²) in [6.07, 6.45) is 3.63. The van der Waals surface area contributed by atoms with Gasteiger partial charge in [-0.15, -0.1) is 0 Å². The van der Waals surface area contributed by atoms with Crippen LogP contribution in [-0.4, -0.2) is 16.5 Å². The summed E-state index contributed by atoms with van der Waals surface area (Å²) >= 11 is 0. The first-order valence-corrected chi connectivity index (χ1v) is 4.10. The molecule has 1 aromatic carbocycles. The maximum absolute atomic E-state index is 9.90. The van der Waals surface area contributed by atoms with Crippen LogP contribution in [0, 0.1) is 0 Å². The first-order chi connectivity index (χ1) is 6.24. The Morgan fingerprint density at radius 1 is 1.23 bits per heavy atom. The number of carbonyl (C=O) groups excluding carboxylic acids is 1. The highest BCUT2D eigenvalue weighted by Crippen LogP contribution is 2.25. The van der Waals surface area contributed by atoms with Crippen LogP contribution in [0.3, 0.4) is 0 Å². The molecule has 0 aromatic heterocycles. The summed E-state index contributed by atoms with van der Waals surface area (Å²) in [7, 11) is 0. The van der Waals surface area contributed by atoms with Crippen LogP contribution in [-0.2, 0) is 11.2 Å². The summed E-state index contributed by atoms with van der Waals surface area (Å²) in [6.45, 7) is 0. The van der Waals surface area contributed by atoms with Gasteiger partial charge < -0.3 is 10.2 Å². The minimum absolute atomic E-state index is 0.118. The highest BCUT2D eigenvalue weighted by atomic mass is 16.3. The number of hydrogen-bond acceptors (Lipinski definition) is 3. The van der Waals surface area contributed by atoms with Gasteiger partial charge in [-0.3, -0.25) is 0 Å². The van der Waals surface area contributed by atoms with Crippen molar-refractivity contribution in [2.45, 2.75) is 19.3 Å². The summed E-state index contributed by atoms with van der Waals surface area (Å²) in [6, 6.07) is 4.66. The molecule has 1 aromatic rings. The second-order valence-electron chi connectivity index (χ2n) is 2.82. The van der Waals surface area contributed by atoms with Gasteiger partial charge in [-0.1, -0.05) is 6.07 Å². The first-order valence-electron chi connectivity index (χ1n) is 4.10. The maximum Gasteiger partial charge on any atom is 0.506 e. The Morgan fingerprint density at radius 3 is 2.62 bits per heavy atom. The fraction of sp³-hybridized carbons (Fsp3) is 0.300. The van der Waals surface area contributed by atoms with Gasteiger partial charge in [0.1, 0.15) is 0 Å². The third kappa shape index (κ3) is 2.73. The van der Waals surface area contributed by atoms with E-state index in [2.05, 4.69) is 0 Å². The largest absolute Gasteiger partial charge is 0.506 e. The van der Waals surface area contributed by atoms with E-state index in [1.165, 1.54) is 12.1 Å². The molecule has 0 unspecified atom stereocenters. The highest BCUT2D eigenvalue weighted by Gasteiger charge is 2.03. The molecule has 0 heterocycles. The van der Waals surface area contributed by atoms with E-state index in [1.807, 2.05) is 0 Å². The maximum atomic E-state index is 9.90. The Bertz CT molecular complexity index is 294. The molecule has 0 aliphatic carbocycles. The number of benzene rings is 1. The second kappa shape index (κ2) is 4.43. The van der Waals surface area contributed by atoms with Crippen LogP contribution in [0.4, 0.5) is 0 Å². The van der Waals surface area contributed by atoms with E-state index in [9.17, 15) is 4.79 Å². The normalized spacial score (nSPS) is 9.54. The predicted octanol–water partition coefficient (Wildman–Crippen LogP) is 1.53. The van der Waals surface area contributed by atoms with Crippen LogP contribution in [0.1, 0.15) is 18.4 Å². The van der Waals surface area contributed by atoms with Gasteiger partial charge in [0.25, 0.3) is 0 Å². The molecule has 3 heteroatoms. The summed E-state index contributed by atoms with van der Waals surface area (Å²) < 4.78 is 0. The summed E-state index contributed by atoms with van der Waals surface area (Å²) in [4.78, 5) is 9.90. The van der Waals surface area contributed by atoms with Gasteiger partial charge in [-0.25, -0.2) is 0 Å². The van der Waals surface area contributed by atoms with Gasteiger partial charge in [0, 0.05) is 11.2 Å². The Morgan fingerprint density at radius 2 is 2.00 bits per heavy atom. The third-order valence-electron chi connectivity index (χ3n) is 1.78. The van der Waals surface area contributed by atoms with Crippen molar-refractivity contribution in [3.63, 3.8) is 0 Å². The average molecular weight is 179 g/mol. The molecule has 0 aliphatic heterocycles. The van der Waals surface area contributed by atoms with E-state index < -0.39 is 0 Å².